The number of hydrogen-bond donors (Lipinski definition) is 1. The molecule has 1 aliphatic rings. The SMILES string of the molecule is Cn1cc([C@@H]2CCCN2C[C@@H](O)COCc2cccs2)cn1. The van der Waals surface area contributed by atoms with Crippen molar-refractivity contribution in [3.63, 3.8) is 0 Å². The molecule has 0 aliphatic carbocycles. The first-order valence-electron chi connectivity index (χ1n) is 7.73. The molecule has 0 unspecified atom stereocenters. The van der Waals surface area contributed by atoms with Crippen molar-refractivity contribution in [3.05, 3.63) is 40.3 Å². The highest BCUT2D eigenvalue weighted by atomic mass is 32.1. The van der Waals surface area contributed by atoms with Gasteiger partial charge in [0.15, 0.2) is 0 Å². The van der Waals surface area contributed by atoms with Gasteiger partial charge in [-0.1, -0.05) is 6.07 Å². The zero-order valence-corrected chi connectivity index (χ0v) is 13.7. The number of likely N-dealkylation sites (tertiary alicyclic amines) is 1. The van der Waals surface area contributed by atoms with Crippen molar-refractivity contribution in [2.75, 3.05) is 19.7 Å². The summed E-state index contributed by atoms with van der Waals surface area (Å²) in [6.45, 7) is 2.65. The molecule has 1 saturated heterocycles. The summed E-state index contributed by atoms with van der Waals surface area (Å²) in [5.41, 5.74) is 1.24. The maximum Gasteiger partial charge on any atom is 0.0900 e. The summed E-state index contributed by atoms with van der Waals surface area (Å²) in [4.78, 5) is 3.54. The summed E-state index contributed by atoms with van der Waals surface area (Å²) >= 11 is 1.68. The highest BCUT2D eigenvalue weighted by Gasteiger charge is 2.28. The van der Waals surface area contributed by atoms with E-state index in [1.165, 1.54) is 16.9 Å². The molecule has 0 saturated carbocycles. The van der Waals surface area contributed by atoms with E-state index in [1.807, 2.05) is 29.4 Å². The van der Waals surface area contributed by atoms with Gasteiger partial charge in [-0.15, -0.1) is 11.3 Å². The van der Waals surface area contributed by atoms with Gasteiger partial charge in [0, 0.05) is 36.3 Å². The lowest BCUT2D eigenvalue weighted by molar-refractivity contribution is 0.00848. The quantitative estimate of drug-likeness (QED) is 0.849. The number of aliphatic hydroxyl groups is 1. The summed E-state index contributed by atoms with van der Waals surface area (Å²) in [5, 5.41) is 16.5. The molecule has 0 aromatic carbocycles. The number of β-amino-alcohol motifs (C(OH)–C–C–N with tert-alkyl or cyclic N) is 1. The number of rotatable bonds is 7. The maximum absolute atomic E-state index is 10.2. The van der Waals surface area contributed by atoms with Crippen molar-refractivity contribution in [1.29, 1.82) is 0 Å². The van der Waals surface area contributed by atoms with Crippen LogP contribution in [0.15, 0.2) is 29.9 Å². The maximum atomic E-state index is 10.2. The van der Waals surface area contributed by atoms with Gasteiger partial charge in [-0.3, -0.25) is 9.58 Å². The molecule has 2 atom stereocenters. The van der Waals surface area contributed by atoms with E-state index in [1.54, 1.807) is 11.3 Å². The van der Waals surface area contributed by atoms with Crippen molar-refractivity contribution in [2.45, 2.75) is 31.6 Å². The van der Waals surface area contributed by atoms with Crippen molar-refractivity contribution < 1.29 is 9.84 Å². The van der Waals surface area contributed by atoms with Crippen LogP contribution in [0.25, 0.3) is 0 Å². The van der Waals surface area contributed by atoms with Crippen LogP contribution in [-0.4, -0.2) is 45.6 Å². The van der Waals surface area contributed by atoms with E-state index in [-0.39, 0.29) is 0 Å². The Balaban J connectivity index is 1.46. The van der Waals surface area contributed by atoms with Gasteiger partial charge in [-0.25, -0.2) is 0 Å². The first-order valence-corrected chi connectivity index (χ1v) is 8.61. The fraction of sp³-hybridized carbons (Fsp3) is 0.562. The van der Waals surface area contributed by atoms with Crippen molar-refractivity contribution in [1.82, 2.24) is 14.7 Å². The third-order valence-electron chi connectivity index (χ3n) is 4.05. The molecule has 0 radical (unpaired) electrons. The van der Waals surface area contributed by atoms with E-state index >= 15 is 0 Å². The molecular weight excluding hydrogens is 298 g/mol. The fourth-order valence-corrected chi connectivity index (χ4v) is 3.69. The van der Waals surface area contributed by atoms with Gasteiger partial charge in [0.25, 0.3) is 0 Å². The Labute approximate surface area is 135 Å². The summed E-state index contributed by atoms with van der Waals surface area (Å²) in [6, 6.07) is 4.44. The number of nitrogens with zero attached hydrogens (tertiary/aromatic N) is 3. The number of ether oxygens (including phenoxy) is 1. The largest absolute Gasteiger partial charge is 0.389 e. The summed E-state index contributed by atoms with van der Waals surface area (Å²) in [5.74, 6) is 0. The van der Waals surface area contributed by atoms with Gasteiger partial charge in [-0.05, 0) is 30.8 Å². The van der Waals surface area contributed by atoms with Gasteiger partial charge < -0.3 is 9.84 Å². The lowest BCUT2D eigenvalue weighted by Gasteiger charge is -2.26. The van der Waals surface area contributed by atoms with Crippen LogP contribution in [0.3, 0.4) is 0 Å². The molecular formula is C16H23N3O2S. The van der Waals surface area contributed by atoms with Crippen LogP contribution in [-0.2, 0) is 18.4 Å². The van der Waals surface area contributed by atoms with E-state index in [2.05, 4.69) is 22.3 Å². The summed E-state index contributed by atoms with van der Waals surface area (Å²) in [6.07, 6.45) is 5.86. The highest BCUT2D eigenvalue weighted by molar-refractivity contribution is 7.09. The topological polar surface area (TPSA) is 50.5 Å². The summed E-state index contributed by atoms with van der Waals surface area (Å²) in [7, 11) is 1.94. The van der Waals surface area contributed by atoms with Gasteiger partial charge in [0.05, 0.1) is 25.5 Å². The fourth-order valence-electron chi connectivity index (χ4n) is 3.05. The Kier molecular flexibility index (Phi) is 5.25. The Hall–Kier alpha value is -1.21. The van der Waals surface area contributed by atoms with Crippen LogP contribution < -0.4 is 0 Å². The smallest absolute Gasteiger partial charge is 0.0900 e. The molecule has 0 bridgehead atoms. The minimum Gasteiger partial charge on any atom is -0.389 e. The van der Waals surface area contributed by atoms with E-state index in [0.29, 0.717) is 25.8 Å². The molecule has 3 rings (SSSR count). The van der Waals surface area contributed by atoms with Crippen molar-refractivity contribution in [3.8, 4) is 0 Å². The van der Waals surface area contributed by atoms with E-state index in [0.717, 1.165) is 13.0 Å². The number of hydrogen-bond acceptors (Lipinski definition) is 5. The zero-order chi connectivity index (χ0) is 15.4. The molecule has 2 aromatic heterocycles. The minimum absolute atomic E-state index is 0.376. The lowest BCUT2D eigenvalue weighted by atomic mass is 10.1. The Bertz CT molecular complexity index is 570. The molecule has 22 heavy (non-hydrogen) atoms. The predicted molar refractivity (Wildman–Crippen MR) is 86.7 cm³/mol. The molecule has 3 heterocycles. The van der Waals surface area contributed by atoms with Gasteiger partial charge in [0.2, 0.25) is 0 Å². The van der Waals surface area contributed by atoms with Gasteiger partial charge in [-0.2, -0.15) is 5.10 Å². The van der Waals surface area contributed by atoms with Crippen LogP contribution in [0.2, 0.25) is 0 Å². The van der Waals surface area contributed by atoms with Crippen molar-refractivity contribution >= 4 is 11.3 Å². The van der Waals surface area contributed by atoms with Gasteiger partial charge >= 0.3 is 0 Å². The van der Waals surface area contributed by atoms with E-state index in [9.17, 15) is 5.11 Å². The highest BCUT2D eigenvalue weighted by Crippen LogP contribution is 2.31. The third kappa shape index (κ3) is 3.95. The molecule has 5 nitrogen and oxygen atoms in total. The zero-order valence-electron chi connectivity index (χ0n) is 12.9. The average Bonchev–Trinajstić information content (AvgIpc) is 3.20. The molecule has 1 N–H and O–H groups in total. The van der Waals surface area contributed by atoms with Crippen LogP contribution in [0.4, 0.5) is 0 Å². The number of thiophene rings is 1. The number of aromatic nitrogens is 2. The third-order valence-corrected chi connectivity index (χ3v) is 4.90. The molecule has 1 aliphatic heterocycles. The second kappa shape index (κ2) is 7.37. The normalized spacial score (nSPS) is 20.5. The average molecular weight is 321 g/mol. The molecule has 6 heteroatoms. The monoisotopic (exact) mass is 321 g/mol. The minimum atomic E-state index is -0.447. The standard InChI is InChI=1S/C16H23N3O2S/c1-18-9-13(8-17-18)16-5-2-6-19(16)10-14(20)11-21-12-15-4-3-7-22-15/h3-4,7-9,14,16,20H,2,5-6,10-12H2,1H3/t14-,16+/m1/s1. The Morgan fingerprint density at radius 1 is 1.55 bits per heavy atom. The second-order valence-corrected chi connectivity index (χ2v) is 6.88. The van der Waals surface area contributed by atoms with Crippen LogP contribution in [0.5, 0.6) is 0 Å². The summed E-state index contributed by atoms with van der Waals surface area (Å²) < 4.78 is 7.45. The molecule has 0 spiro atoms. The van der Waals surface area contributed by atoms with Crippen molar-refractivity contribution in [2.24, 2.45) is 7.05 Å². The molecule has 1 fully saturated rings. The molecule has 120 valence electrons. The van der Waals surface area contributed by atoms with Crippen LogP contribution in [0.1, 0.15) is 29.3 Å². The lowest BCUT2D eigenvalue weighted by Crippen LogP contribution is -2.34. The van der Waals surface area contributed by atoms with Crippen LogP contribution in [0, 0.1) is 0 Å². The van der Waals surface area contributed by atoms with E-state index in [4.69, 9.17) is 4.74 Å². The van der Waals surface area contributed by atoms with E-state index < -0.39 is 6.10 Å². The Morgan fingerprint density at radius 3 is 3.18 bits per heavy atom. The number of aryl methyl sites for hydroxylation is 1. The predicted octanol–water partition coefficient (Wildman–Crippen LogP) is 2.20. The first-order chi connectivity index (χ1) is 10.7. The van der Waals surface area contributed by atoms with Crippen LogP contribution >= 0.6 is 11.3 Å². The molecule has 2 aromatic rings. The first kappa shape index (κ1) is 15.7. The Morgan fingerprint density at radius 2 is 2.45 bits per heavy atom. The number of aliphatic hydroxyl groups excluding tert-OH is 1. The molecule has 0 amide bonds. The second-order valence-electron chi connectivity index (χ2n) is 5.85. The van der Waals surface area contributed by atoms with Gasteiger partial charge in [0.1, 0.15) is 0 Å².